The molecule has 0 unspecified atom stereocenters. The third-order valence-electron chi connectivity index (χ3n) is 3.30. The molecule has 0 spiro atoms. The molecule has 0 aromatic heterocycles. The highest BCUT2D eigenvalue weighted by Gasteiger charge is 2.09. The van der Waals surface area contributed by atoms with Crippen LogP contribution in [0.15, 0.2) is 23.1 Å². The second kappa shape index (κ2) is 6.95. The first-order chi connectivity index (χ1) is 8.40. The molecule has 2 heteroatoms. The summed E-state index contributed by atoms with van der Waals surface area (Å²) < 4.78 is 0. The van der Waals surface area contributed by atoms with Crippen LogP contribution in [0.2, 0.25) is 0 Å². The highest BCUT2D eigenvalue weighted by atomic mass is 32.2. The Morgan fingerprint density at radius 1 is 1.18 bits per heavy atom. The topological polar surface area (TPSA) is 12.0 Å². The number of thioether (sulfide) groups is 1. The summed E-state index contributed by atoms with van der Waals surface area (Å²) >= 11 is 2.02. The molecule has 94 valence electrons. The van der Waals surface area contributed by atoms with Crippen molar-refractivity contribution in [1.82, 2.24) is 0 Å². The van der Waals surface area contributed by atoms with Gasteiger partial charge in [-0.1, -0.05) is 32.6 Å². The standard InChI is InChI=1S/C15H23NS/c1-2-3-4-5-6-11-17-14-7-8-15-13(12-14)9-10-16-15/h7-8,12,16H,2-6,9-11H2,1H3. The van der Waals surface area contributed by atoms with Gasteiger partial charge in [0, 0.05) is 17.1 Å². The van der Waals surface area contributed by atoms with Crippen molar-refractivity contribution in [1.29, 1.82) is 0 Å². The van der Waals surface area contributed by atoms with Crippen molar-refractivity contribution in [2.75, 3.05) is 17.6 Å². The minimum Gasteiger partial charge on any atom is -0.384 e. The molecule has 1 aliphatic heterocycles. The van der Waals surface area contributed by atoms with Gasteiger partial charge in [0.05, 0.1) is 0 Å². The minimum atomic E-state index is 1.11. The SMILES string of the molecule is CCCCCCCSc1ccc2c(c1)CCN2. The molecule has 0 fully saturated rings. The zero-order valence-corrected chi connectivity index (χ0v) is 11.6. The molecule has 0 saturated carbocycles. The Balaban J connectivity index is 1.69. The zero-order valence-electron chi connectivity index (χ0n) is 10.8. The van der Waals surface area contributed by atoms with Crippen molar-refractivity contribution in [2.24, 2.45) is 0 Å². The van der Waals surface area contributed by atoms with E-state index in [4.69, 9.17) is 0 Å². The van der Waals surface area contributed by atoms with E-state index in [9.17, 15) is 0 Å². The third kappa shape index (κ3) is 3.95. The minimum absolute atomic E-state index is 1.11. The van der Waals surface area contributed by atoms with E-state index in [1.54, 1.807) is 0 Å². The molecule has 17 heavy (non-hydrogen) atoms. The van der Waals surface area contributed by atoms with Crippen LogP contribution in [-0.4, -0.2) is 12.3 Å². The molecule has 1 aliphatic rings. The molecule has 0 bridgehead atoms. The van der Waals surface area contributed by atoms with Gasteiger partial charge in [-0.15, -0.1) is 11.8 Å². The predicted octanol–water partition coefficient (Wildman–Crippen LogP) is 4.72. The number of benzene rings is 1. The molecular weight excluding hydrogens is 226 g/mol. The van der Waals surface area contributed by atoms with Crippen molar-refractivity contribution in [2.45, 2.75) is 50.3 Å². The first-order valence-corrected chi connectivity index (χ1v) is 7.88. The van der Waals surface area contributed by atoms with Crippen molar-refractivity contribution in [3.05, 3.63) is 23.8 Å². The number of hydrogen-bond acceptors (Lipinski definition) is 2. The van der Waals surface area contributed by atoms with Gasteiger partial charge in [0.25, 0.3) is 0 Å². The summed E-state index contributed by atoms with van der Waals surface area (Å²) in [6, 6.07) is 6.86. The maximum absolute atomic E-state index is 3.41. The molecule has 1 aromatic rings. The van der Waals surface area contributed by atoms with Crippen LogP contribution in [0.5, 0.6) is 0 Å². The largest absolute Gasteiger partial charge is 0.384 e. The van der Waals surface area contributed by atoms with Gasteiger partial charge in [0.2, 0.25) is 0 Å². The van der Waals surface area contributed by atoms with Crippen LogP contribution in [0.4, 0.5) is 5.69 Å². The Hall–Kier alpha value is -0.630. The van der Waals surface area contributed by atoms with Gasteiger partial charge in [0.1, 0.15) is 0 Å². The smallest absolute Gasteiger partial charge is 0.0374 e. The fraction of sp³-hybridized carbons (Fsp3) is 0.600. The number of fused-ring (bicyclic) bond motifs is 1. The van der Waals surface area contributed by atoms with Crippen LogP contribution in [0.25, 0.3) is 0 Å². The van der Waals surface area contributed by atoms with Crippen molar-refractivity contribution >= 4 is 17.4 Å². The molecule has 0 radical (unpaired) electrons. The monoisotopic (exact) mass is 249 g/mol. The Morgan fingerprint density at radius 3 is 2.94 bits per heavy atom. The number of rotatable bonds is 7. The Morgan fingerprint density at radius 2 is 2.06 bits per heavy atom. The zero-order chi connectivity index (χ0) is 11.9. The lowest BCUT2D eigenvalue weighted by atomic mass is 10.2. The summed E-state index contributed by atoms with van der Waals surface area (Å²) in [6.07, 6.45) is 8.10. The van der Waals surface area contributed by atoms with Gasteiger partial charge in [-0.3, -0.25) is 0 Å². The normalized spacial score (nSPS) is 13.5. The van der Waals surface area contributed by atoms with E-state index in [0.717, 1.165) is 6.54 Å². The van der Waals surface area contributed by atoms with Crippen LogP contribution >= 0.6 is 11.8 Å². The van der Waals surface area contributed by atoms with E-state index in [2.05, 4.69) is 30.4 Å². The Bertz CT molecular complexity index is 349. The number of unbranched alkanes of at least 4 members (excludes halogenated alkanes) is 4. The quantitative estimate of drug-likeness (QED) is 0.554. The van der Waals surface area contributed by atoms with Crippen molar-refractivity contribution < 1.29 is 0 Å². The first-order valence-electron chi connectivity index (χ1n) is 6.90. The summed E-state index contributed by atoms with van der Waals surface area (Å²) in [6.45, 7) is 3.38. The molecule has 0 amide bonds. The molecule has 1 nitrogen and oxygen atoms in total. The van der Waals surface area contributed by atoms with E-state index in [1.807, 2.05) is 11.8 Å². The Labute approximate surface area is 109 Å². The van der Waals surface area contributed by atoms with Crippen LogP contribution < -0.4 is 5.32 Å². The fourth-order valence-electron chi connectivity index (χ4n) is 2.27. The van der Waals surface area contributed by atoms with E-state index >= 15 is 0 Å². The van der Waals surface area contributed by atoms with E-state index in [1.165, 1.54) is 60.4 Å². The molecule has 0 saturated heterocycles. The molecule has 1 heterocycles. The van der Waals surface area contributed by atoms with Gasteiger partial charge in [0.15, 0.2) is 0 Å². The van der Waals surface area contributed by atoms with E-state index in [0.29, 0.717) is 0 Å². The molecular formula is C15H23NS. The third-order valence-corrected chi connectivity index (χ3v) is 4.38. The van der Waals surface area contributed by atoms with Crippen molar-refractivity contribution in [3.8, 4) is 0 Å². The summed E-state index contributed by atoms with van der Waals surface area (Å²) in [5, 5.41) is 3.41. The average molecular weight is 249 g/mol. The maximum Gasteiger partial charge on any atom is 0.0374 e. The second-order valence-electron chi connectivity index (χ2n) is 4.76. The number of nitrogens with one attached hydrogen (secondary N) is 1. The lowest BCUT2D eigenvalue weighted by Crippen LogP contribution is -1.90. The summed E-state index contributed by atoms with van der Waals surface area (Å²) in [4.78, 5) is 1.45. The molecule has 1 aromatic carbocycles. The van der Waals surface area contributed by atoms with Gasteiger partial charge >= 0.3 is 0 Å². The van der Waals surface area contributed by atoms with Crippen molar-refractivity contribution in [3.63, 3.8) is 0 Å². The molecule has 1 N–H and O–H groups in total. The fourth-order valence-corrected chi connectivity index (χ4v) is 3.24. The lowest BCUT2D eigenvalue weighted by Gasteiger charge is -2.04. The van der Waals surface area contributed by atoms with Gasteiger partial charge in [-0.25, -0.2) is 0 Å². The first kappa shape index (κ1) is 12.8. The van der Waals surface area contributed by atoms with Gasteiger partial charge in [-0.05, 0) is 42.4 Å². The van der Waals surface area contributed by atoms with Crippen LogP contribution in [0.3, 0.4) is 0 Å². The van der Waals surface area contributed by atoms with E-state index < -0.39 is 0 Å². The molecule has 2 rings (SSSR count). The number of anilines is 1. The van der Waals surface area contributed by atoms with Crippen LogP contribution in [-0.2, 0) is 6.42 Å². The Kier molecular flexibility index (Phi) is 5.24. The predicted molar refractivity (Wildman–Crippen MR) is 78.1 cm³/mol. The highest BCUT2D eigenvalue weighted by molar-refractivity contribution is 7.99. The lowest BCUT2D eigenvalue weighted by molar-refractivity contribution is 0.659. The van der Waals surface area contributed by atoms with Crippen LogP contribution in [0.1, 0.15) is 44.6 Å². The molecule has 0 aliphatic carbocycles. The summed E-state index contributed by atoms with van der Waals surface area (Å²) in [5.74, 6) is 1.27. The van der Waals surface area contributed by atoms with Gasteiger partial charge < -0.3 is 5.32 Å². The summed E-state index contributed by atoms with van der Waals surface area (Å²) in [7, 11) is 0. The van der Waals surface area contributed by atoms with Gasteiger partial charge in [-0.2, -0.15) is 0 Å². The van der Waals surface area contributed by atoms with E-state index in [-0.39, 0.29) is 0 Å². The summed E-state index contributed by atoms with van der Waals surface area (Å²) in [5.41, 5.74) is 2.85. The maximum atomic E-state index is 3.41. The number of hydrogen-bond donors (Lipinski definition) is 1. The highest BCUT2D eigenvalue weighted by Crippen LogP contribution is 2.28. The second-order valence-corrected chi connectivity index (χ2v) is 5.93. The van der Waals surface area contributed by atoms with Crippen LogP contribution in [0, 0.1) is 0 Å². The average Bonchev–Trinajstić information content (AvgIpc) is 2.81. The molecule has 0 atom stereocenters.